The van der Waals surface area contributed by atoms with Crippen molar-refractivity contribution in [2.24, 2.45) is 0 Å². The van der Waals surface area contributed by atoms with E-state index in [1.165, 1.54) is 10.6 Å². The molecule has 2 aromatic rings. The summed E-state index contributed by atoms with van der Waals surface area (Å²) in [5.41, 5.74) is -0.640. The number of carbonyl (C=O) groups is 1. The molecule has 2 aromatic heterocycles. The Morgan fingerprint density at radius 2 is 2.20 bits per heavy atom. The SMILES string of the molecule is CCNCCNC(=O)c1c(O)nc2ccccn2c1=O. The van der Waals surface area contributed by atoms with Crippen LogP contribution in [0.3, 0.4) is 0 Å². The lowest BCUT2D eigenvalue weighted by Gasteiger charge is -2.07. The third-order valence-corrected chi connectivity index (χ3v) is 2.78. The number of aromatic nitrogens is 2. The zero-order valence-electron chi connectivity index (χ0n) is 11.1. The molecule has 0 aliphatic carbocycles. The zero-order valence-corrected chi connectivity index (χ0v) is 11.1. The smallest absolute Gasteiger partial charge is 0.274 e. The summed E-state index contributed by atoms with van der Waals surface area (Å²) < 4.78 is 1.22. The summed E-state index contributed by atoms with van der Waals surface area (Å²) in [6.07, 6.45) is 1.50. The van der Waals surface area contributed by atoms with E-state index in [-0.39, 0.29) is 5.56 Å². The molecular weight excluding hydrogens is 260 g/mol. The predicted molar refractivity (Wildman–Crippen MR) is 74.0 cm³/mol. The van der Waals surface area contributed by atoms with Crippen molar-refractivity contribution in [2.75, 3.05) is 19.6 Å². The summed E-state index contributed by atoms with van der Waals surface area (Å²) in [4.78, 5) is 28.0. The molecule has 0 saturated carbocycles. The number of nitrogens with one attached hydrogen (secondary N) is 2. The lowest BCUT2D eigenvalue weighted by molar-refractivity contribution is 0.0949. The summed E-state index contributed by atoms with van der Waals surface area (Å²) >= 11 is 0. The van der Waals surface area contributed by atoms with Crippen molar-refractivity contribution in [3.8, 4) is 5.88 Å². The maximum Gasteiger partial charge on any atom is 0.274 e. The highest BCUT2D eigenvalue weighted by Crippen LogP contribution is 2.10. The molecule has 20 heavy (non-hydrogen) atoms. The van der Waals surface area contributed by atoms with Gasteiger partial charge in [0.1, 0.15) is 5.65 Å². The highest BCUT2D eigenvalue weighted by molar-refractivity contribution is 5.96. The second kappa shape index (κ2) is 6.16. The fourth-order valence-corrected chi connectivity index (χ4v) is 1.81. The Bertz CT molecular complexity index is 681. The van der Waals surface area contributed by atoms with E-state index < -0.39 is 17.3 Å². The van der Waals surface area contributed by atoms with Crippen molar-refractivity contribution in [1.82, 2.24) is 20.0 Å². The van der Waals surface area contributed by atoms with Gasteiger partial charge in [-0.1, -0.05) is 13.0 Å². The summed E-state index contributed by atoms with van der Waals surface area (Å²) in [5, 5.41) is 15.4. The Balaban J connectivity index is 2.29. The highest BCUT2D eigenvalue weighted by atomic mass is 16.3. The van der Waals surface area contributed by atoms with Gasteiger partial charge in [-0.2, -0.15) is 4.98 Å². The molecule has 7 heteroatoms. The Kier molecular flexibility index (Phi) is 4.31. The van der Waals surface area contributed by atoms with Gasteiger partial charge in [0.2, 0.25) is 5.88 Å². The van der Waals surface area contributed by atoms with Crippen LogP contribution in [0.5, 0.6) is 5.88 Å². The standard InChI is InChI=1S/C13H16N4O3/c1-2-14-6-7-15-11(18)10-12(19)16-9-5-3-4-8-17(9)13(10)20/h3-5,8,14,19H,2,6-7H2,1H3,(H,15,18). The van der Waals surface area contributed by atoms with Gasteiger partial charge in [-0.15, -0.1) is 0 Å². The lowest BCUT2D eigenvalue weighted by atomic mass is 10.3. The van der Waals surface area contributed by atoms with Gasteiger partial charge in [-0.25, -0.2) is 0 Å². The molecule has 2 heterocycles. The van der Waals surface area contributed by atoms with Crippen LogP contribution in [-0.2, 0) is 0 Å². The molecule has 0 fully saturated rings. The molecule has 0 saturated heterocycles. The molecule has 0 aliphatic heterocycles. The molecular formula is C13H16N4O3. The van der Waals surface area contributed by atoms with Crippen LogP contribution in [0.25, 0.3) is 5.65 Å². The first-order valence-electron chi connectivity index (χ1n) is 6.34. The van der Waals surface area contributed by atoms with Crippen LogP contribution in [0.2, 0.25) is 0 Å². The molecule has 3 N–H and O–H groups in total. The van der Waals surface area contributed by atoms with Gasteiger partial charge in [-0.3, -0.25) is 14.0 Å². The van der Waals surface area contributed by atoms with Gasteiger partial charge < -0.3 is 15.7 Å². The van der Waals surface area contributed by atoms with E-state index in [1.54, 1.807) is 18.2 Å². The van der Waals surface area contributed by atoms with Crippen molar-refractivity contribution < 1.29 is 9.90 Å². The van der Waals surface area contributed by atoms with Crippen molar-refractivity contribution >= 4 is 11.6 Å². The Hall–Kier alpha value is -2.41. The molecule has 0 aromatic carbocycles. The highest BCUT2D eigenvalue weighted by Gasteiger charge is 2.18. The molecule has 2 rings (SSSR count). The first kappa shape index (κ1) is 14.0. The van der Waals surface area contributed by atoms with Crippen LogP contribution >= 0.6 is 0 Å². The fraction of sp³-hybridized carbons (Fsp3) is 0.308. The Labute approximate surface area is 115 Å². The van der Waals surface area contributed by atoms with E-state index in [4.69, 9.17) is 0 Å². The predicted octanol–water partition coefficient (Wildman–Crippen LogP) is -0.261. The van der Waals surface area contributed by atoms with Crippen molar-refractivity contribution in [3.05, 3.63) is 40.3 Å². The third-order valence-electron chi connectivity index (χ3n) is 2.78. The van der Waals surface area contributed by atoms with Gasteiger partial charge in [0, 0.05) is 19.3 Å². The van der Waals surface area contributed by atoms with E-state index in [0.29, 0.717) is 18.7 Å². The fourth-order valence-electron chi connectivity index (χ4n) is 1.81. The molecule has 0 bridgehead atoms. The maximum absolute atomic E-state index is 12.2. The number of nitrogens with zero attached hydrogens (tertiary/aromatic N) is 2. The average molecular weight is 276 g/mol. The molecule has 0 aliphatic rings. The minimum Gasteiger partial charge on any atom is -0.493 e. The number of hydrogen-bond acceptors (Lipinski definition) is 5. The van der Waals surface area contributed by atoms with Crippen LogP contribution in [0.1, 0.15) is 17.3 Å². The number of carbonyl (C=O) groups excluding carboxylic acids is 1. The topological polar surface area (TPSA) is 95.7 Å². The van der Waals surface area contributed by atoms with Crippen molar-refractivity contribution in [1.29, 1.82) is 0 Å². The second-order valence-electron chi connectivity index (χ2n) is 4.15. The molecule has 0 radical (unpaired) electrons. The Morgan fingerprint density at radius 1 is 1.40 bits per heavy atom. The quantitative estimate of drug-likeness (QED) is 0.654. The summed E-state index contributed by atoms with van der Waals surface area (Å²) in [5.74, 6) is -1.18. The van der Waals surface area contributed by atoms with Crippen LogP contribution in [0, 0.1) is 0 Å². The summed E-state index contributed by atoms with van der Waals surface area (Å²) in [6, 6.07) is 4.92. The molecule has 106 valence electrons. The number of amides is 1. The molecule has 7 nitrogen and oxygen atoms in total. The van der Waals surface area contributed by atoms with Gasteiger partial charge >= 0.3 is 0 Å². The van der Waals surface area contributed by atoms with Crippen LogP contribution in [0.15, 0.2) is 29.2 Å². The number of pyridine rings is 1. The number of aromatic hydroxyl groups is 1. The number of likely N-dealkylation sites (N-methyl/N-ethyl adjacent to an activating group) is 1. The second-order valence-corrected chi connectivity index (χ2v) is 4.15. The molecule has 1 amide bonds. The van der Waals surface area contributed by atoms with Crippen LogP contribution < -0.4 is 16.2 Å². The lowest BCUT2D eigenvalue weighted by Crippen LogP contribution is -2.35. The normalized spacial score (nSPS) is 10.7. The number of fused-ring (bicyclic) bond motifs is 1. The minimum absolute atomic E-state index is 0.291. The minimum atomic E-state index is -0.629. The average Bonchev–Trinajstić information content (AvgIpc) is 2.43. The first-order valence-corrected chi connectivity index (χ1v) is 6.34. The Morgan fingerprint density at radius 3 is 2.95 bits per heavy atom. The van der Waals surface area contributed by atoms with Crippen molar-refractivity contribution in [2.45, 2.75) is 6.92 Å². The molecule has 0 unspecified atom stereocenters. The van der Waals surface area contributed by atoms with E-state index in [0.717, 1.165) is 6.54 Å². The van der Waals surface area contributed by atoms with Gasteiger partial charge in [-0.05, 0) is 18.7 Å². The van der Waals surface area contributed by atoms with E-state index in [2.05, 4.69) is 15.6 Å². The number of hydrogen-bond donors (Lipinski definition) is 3. The van der Waals surface area contributed by atoms with Crippen molar-refractivity contribution in [3.63, 3.8) is 0 Å². The van der Waals surface area contributed by atoms with Gasteiger partial charge in [0.25, 0.3) is 11.5 Å². The van der Waals surface area contributed by atoms with E-state index in [9.17, 15) is 14.7 Å². The largest absolute Gasteiger partial charge is 0.493 e. The van der Waals surface area contributed by atoms with Gasteiger partial charge in [0.15, 0.2) is 5.56 Å². The molecule has 0 spiro atoms. The third kappa shape index (κ3) is 2.77. The summed E-state index contributed by atoms with van der Waals surface area (Å²) in [6.45, 7) is 3.70. The summed E-state index contributed by atoms with van der Waals surface area (Å²) in [7, 11) is 0. The van der Waals surface area contributed by atoms with E-state index >= 15 is 0 Å². The molecule has 0 atom stereocenters. The maximum atomic E-state index is 12.2. The first-order chi connectivity index (χ1) is 9.65. The van der Waals surface area contributed by atoms with E-state index in [1.807, 2.05) is 6.92 Å². The van der Waals surface area contributed by atoms with Crippen LogP contribution in [0.4, 0.5) is 0 Å². The van der Waals surface area contributed by atoms with Crippen LogP contribution in [-0.4, -0.2) is 40.0 Å². The number of rotatable bonds is 5. The van der Waals surface area contributed by atoms with Gasteiger partial charge in [0.05, 0.1) is 0 Å². The monoisotopic (exact) mass is 276 g/mol. The zero-order chi connectivity index (χ0) is 14.5.